The van der Waals surface area contributed by atoms with Gasteiger partial charge in [-0.3, -0.25) is 4.99 Å². The lowest BCUT2D eigenvalue weighted by Gasteiger charge is -2.27. The molecule has 0 saturated heterocycles. The number of aromatic nitrogens is 1. The molecule has 0 amide bonds. The summed E-state index contributed by atoms with van der Waals surface area (Å²) in [6.07, 6.45) is 1.81. The summed E-state index contributed by atoms with van der Waals surface area (Å²) < 4.78 is 1.16. The zero-order valence-electron chi connectivity index (χ0n) is 29.6. The Balaban J connectivity index is 1.45. The standard InChI is InChI=1S/C44H46N2OS/c1-42(2,3)32-23-31(40(47)36(25-32)44(7,8)9)27-45-37-18-14-13-17-34(37)41-46-39-35(24-33(43(4,5)6)26-38(39)48-41)30-21-19-29(20-22-30)28-15-11-10-12-16-28/h10-27,47H,1-9H3. The topological polar surface area (TPSA) is 45.5 Å². The average molecular weight is 651 g/mol. The van der Waals surface area contributed by atoms with Crippen LogP contribution in [-0.2, 0) is 16.2 Å². The minimum atomic E-state index is -0.210. The van der Waals surface area contributed by atoms with E-state index >= 15 is 0 Å². The fourth-order valence-electron chi connectivity index (χ4n) is 5.94. The Bertz CT molecular complexity index is 2120. The van der Waals surface area contributed by atoms with Crippen LogP contribution in [0, 0.1) is 0 Å². The maximum Gasteiger partial charge on any atom is 0.128 e. The highest BCUT2D eigenvalue weighted by molar-refractivity contribution is 7.21. The van der Waals surface area contributed by atoms with Gasteiger partial charge in [-0.05, 0) is 74.4 Å². The van der Waals surface area contributed by atoms with Crippen LogP contribution in [0.5, 0.6) is 5.75 Å². The van der Waals surface area contributed by atoms with E-state index < -0.39 is 0 Å². The summed E-state index contributed by atoms with van der Waals surface area (Å²) in [7, 11) is 0. The number of phenols is 1. The molecule has 4 heteroatoms. The van der Waals surface area contributed by atoms with Crippen molar-refractivity contribution in [1.29, 1.82) is 0 Å². The molecule has 1 N–H and O–H groups in total. The first-order valence-electron chi connectivity index (χ1n) is 16.7. The minimum Gasteiger partial charge on any atom is -0.507 e. The molecular formula is C44H46N2OS. The van der Waals surface area contributed by atoms with E-state index in [0.29, 0.717) is 0 Å². The molecule has 6 aromatic rings. The Labute approximate surface area is 290 Å². The number of fused-ring (bicyclic) bond motifs is 1. The Morgan fingerprint density at radius 2 is 1.19 bits per heavy atom. The van der Waals surface area contributed by atoms with E-state index in [1.807, 2.05) is 30.5 Å². The van der Waals surface area contributed by atoms with Crippen molar-refractivity contribution in [2.45, 2.75) is 78.6 Å². The summed E-state index contributed by atoms with van der Waals surface area (Å²) in [5, 5.41) is 12.3. The Morgan fingerprint density at radius 1 is 0.604 bits per heavy atom. The monoisotopic (exact) mass is 650 g/mol. The zero-order valence-corrected chi connectivity index (χ0v) is 30.5. The highest BCUT2D eigenvalue weighted by Gasteiger charge is 2.25. The van der Waals surface area contributed by atoms with Gasteiger partial charge in [-0.1, -0.05) is 135 Å². The normalized spacial score (nSPS) is 12.7. The summed E-state index contributed by atoms with van der Waals surface area (Å²) in [5.41, 5.74) is 11.3. The number of thiazole rings is 1. The van der Waals surface area contributed by atoms with Crippen LogP contribution >= 0.6 is 11.3 Å². The maximum absolute atomic E-state index is 11.4. The van der Waals surface area contributed by atoms with Crippen LogP contribution in [0.4, 0.5) is 5.69 Å². The van der Waals surface area contributed by atoms with Crippen molar-refractivity contribution in [2.75, 3.05) is 0 Å². The highest BCUT2D eigenvalue weighted by atomic mass is 32.1. The van der Waals surface area contributed by atoms with E-state index in [1.54, 1.807) is 11.3 Å². The molecule has 0 aliphatic rings. The van der Waals surface area contributed by atoms with Crippen LogP contribution in [0.3, 0.4) is 0 Å². The van der Waals surface area contributed by atoms with Crippen LogP contribution in [0.25, 0.3) is 43.0 Å². The van der Waals surface area contributed by atoms with Crippen molar-refractivity contribution in [3.8, 4) is 38.6 Å². The van der Waals surface area contributed by atoms with E-state index in [1.165, 1.54) is 22.3 Å². The summed E-state index contributed by atoms with van der Waals surface area (Å²) in [6.45, 7) is 19.8. The summed E-state index contributed by atoms with van der Waals surface area (Å²) in [4.78, 5) is 10.3. The average Bonchev–Trinajstić information content (AvgIpc) is 3.47. The molecular weight excluding hydrogens is 605 g/mol. The molecule has 0 saturated carbocycles. The van der Waals surface area contributed by atoms with Gasteiger partial charge < -0.3 is 5.11 Å². The molecule has 0 fully saturated rings. The number of aromatic hydroxyl groups is 1. The third-order valence-electron chi connectivity index (χ3n) is 8.95. The van der Waals surface area contributed by atoms with Crippen molar-refractivity contribution in [3.63, 3.8) is 0 Å². The molecule has 3 nitrogen and oxygen atoms in total. The number of nitrogens with zero attached hydrogens (tertiary/aromatic N) is 2. The number of aliphatic imine (C=N–C) groups is 1. The van der Waals surface area contributed by atoms with Gasteiger partial charge in [0.15, 0.2) is 0 Å². The molecule has 0 aliphatic heterocycles. The molecule has 0 aliphatic carbocycles. The number of phenolic OH excluding ortho intramolecular Hbond substituents is 1. The second-order valence-electron chi connectivity index (χ2n) is 15.8. The third-order valence-corrected chi connectivity index (χ3v) is 9.99. The van der Waals surface area contributed by atoms with E-state index in [2.05, 4.69) is 141 Å². The molecule has 244 valence electrons. The Hall–Kier alpha value is -4.54. The quantitative estimate of drug-likeness (QED) is 0.189. The fourth-order valence-corrected chi connectivity index (χ4v) is 7.00. The number of hydrogen-bond donors (Lipinski definition) is 1. The van der Waals surface area contributed by atoms with Crippen LogP contribution in [0.2, 0.25) is 0 Å². The number of rotatable bonds is 5. The SMILES string of the molecule is CC(C)(C)c1cc(C=Nc2ccccc2-c2nc3c(-c4ccc(-c5ccccc5)cc4)cc(C(C)(C)C)cc3s2)c(O)c(C(C)(C)C)c1. The van der Waals surface area contributed by atoms with Gasteiger partial charge in [0.25, 0.3) is 0 Å². The number of hydrogen-bond acceptors (Lipinski definition) is 4. The molecule has 0 spiro atoms. The van der Waals surface area contributed by atoms with Gasteiger partial charge in [0.05, 0.1) is 15.9 Å². The van der Waals surface area contributed by atoms with Crippen LogP contribution in [0.15, 0.2) is 108 Å². The van der Waals surface area contributed by atoms with Gasteiger partial charge >= 0.3 is 0 Å². The lowest BCUT2D eigenvalue weighted by atomic mass is 9.79. The van der Waals surface area contributed by atoms with Crippen molar-refractivity contribution in [2.24, 2.45) is 4.99 Å². The molecule has 0 unspecified atom stereocenters. The van der Waals surface area contributed by atoms with Gasteiger partial charge in [0.2, 0.25) is 0 Å². The predicted molar refractivity (Wildman–Crippen MR) is 207 cm³/mol. The molecule has 6 rings (SSSR count). The first kappa shape index (κ1) is 33.4. The van der Waals surface area contributed by atoms with Gasteiger partial charge in [-0.15, -0.1) is 11.3 Å². The van der Waals surface area contributed by atoms with Crippen molar-refractivity contribution >= 4 is 33.5 Å². The van der Waals surface area contributed by atoms with Crippen LogP contribution in [-0.4, -0.2) is 16.3 Å². The highest BCUT2D eigenvalue weighted by Crippen LogP contribution is 2.42. The number of benzene rings is 5. The molecule has 5 aromatic carbocycles. The van der Waals surface area contributed by atoms with Crippen molar-refractivity contribution in [1.82, 2.24) is 4.98 Å². The van der Waals surface area contributed by atoms with Crippen molar-refractivity contribution in [3.05, 3.63) is 125 Å². The van der Waals surface area contributed by atoms with Gasteiger partial charge in [-0.25, -0.2) is 4.98 Å². The molecule has 1 heterocycles. The smallest absolute Gasteiger partial charge is 0.128 e. The number of para-hydroxylation sites is 1. The fraction of sp³-hybridized carbons (Fsp3) is 0.273. The largest absolute Gasteiger partial charge is 0.507 e. The summed E-state index contributed by atoms with van der Waals surface area (Å²) in [6, 6.07) is 36.3. The summed E-state index contributed by atoms with van der Waals surface area (Å²) >= 11 is 1.71. The van der Waals surface area contributed by atoms with Gasteiger partial charge in [-0.2, -0.15) is 0 Å². The first-order valence-corrected chi connectivity index (χ1v) is 17.5. The van der Waals surface area contributed by atoms with Gasteiger partial charge in [0, 0.05) is 28.5 Å². The van der Waals surface area contributed by atoms with Crippen molar-refractivity contribution < 1.29 is 5.11 Å². The lowest BCUT2D eigenvalue weighted by molar-refractivity contribution is 0.444. The Morgan fingerprint density at radius 3 is 1.83 bits per heavy atom. The molecule has 48 heavy (non-hydrogen) atoms. The second-order valence-corrected chi connectivity index (χ2v) is 16.9. The van der Waals surface area contributed by atoms with Crippen LogP contribution in [0.1, 0.15) is 84.6 Å². The molecule has 0 atom stereocenters. The lowest BCUT2D eigenvalue weighted by Crippen LogP contribution is -2.17. The second kappa shape index (κ2) is 12.5. The van der Waals surface area contributed by atoms with Gasteiger partial charge in [0.1, 0.15) is 10.8 Å². The zero-order chi connectivity index (χ0) is 34.4. The van der Waals surface area contributed by atoms with Crippen LogP contribution < -0.4 is 0 Å². The molecule has 0 bridgehead atoms. The Kier molecular flexibility index (Phi) is 8.68. The van der Waals surface area contributed by atoms with E-state index in [-0.39, 0.29) is 22.0 Å². The molecule has 1 aromatic heterocycles. The van der Waals surface area contributed by atoms with E-state index in [4.69, 9.17) is 9.98 Å². The predicted octanol–water partition coefficient (Wildman–Crippen LogP) is 12.6. The maximum atomic E-state index is 11.4. The first-order chi connectivity index (χ1) is 22.6. The third kappa shape index (κ3) is 6.86. The molecule has 0 radical (unpaired) electrons. The van der Waals surface area contributed by atoms with E-state index in [0.717, 1.165) is 48.7 Å². The van der Waals surface area contributed by atoms with E-state index in [9.17, 15) is 5.11 Å². The minimum absolute atomic E-state index is 0.0191. The summed E-state index contributed by atoms with van der Waals surface area (Å²) in [5.74, 6) is 0.286.